The first-order valence-corrected chi connectivity index (χ1v) is 4.10. The van der Waals surface area contributed by atoms with Crippen LogP contribution in [-0.2, 0) is 0 Å². The molecule has 0 saturated carbocycles. The number of halogens is 2. The van der Waals surface area contributed by atoms with E-state index in [0.717, 1.165) is 6.20 Å². The molecule has 0 radical (unpaired) electrons. The van der Waals surface area contributed by atoms with Crippen LogP contribution >= 0.6 is 0 Å². The van der Waals surface area contributed by atoms with Crippen LogP contribution in [0.1, 0.15) is 30.3 Å². The van der Waals surface area contributed by atoms with Crippen LogP contribution in [0, 0.1) is 0 Å². The van der Waals surface area contributed by atoms with Gasteiger partial charge in [0.1, 0.15) is 0 Å². The summed E-state index contributed by atoms with van der Waals surface area (Å²) in [5, 5.41) is 0. The van der Waals surface area contributed by atoms with Crippen molar-refractivity contribution >= 4 is 5.78 Å². The predicted octanol–water partition coefficient (Wildman–Crippen LogP) is 1.84. The summed E-state index contributed by atoms with van der Waals surface area (Å²) in [6.45, 7) is -1.34. The number of carbonyl (C=O) groups excluding carboxylic acids is 1. The van der Waals surface area contributed by atoms with Crippen molar-refractivity contribution in [1.82, 2.24) is 4.57 Å². The molecule has 14 heavy (non-hydrogen) atoms. The molecule has 1 heterocycles. The largest absolute Gasteiger partial charge is 0.321 e. The normalized spacial score (nSPS) is 10.6. The monoisotopic (exact) mass is 201 g/mol. The van der Waals surface area contributed by atoms with Gasteiger partial charge in [-0.3, -0.25) is 14.2 Å². The lowest BCUT2D eigenvalue weighted by Crippen LogP contribution is -2.25. The lowest BCUT2D eigenvalue weighted by Gasteiger charge is -2.04. The molecule has 1 rings (SSSR count). The summed E-state index contributed by atoms with van der Waals surface area (Å²) >= 11 is 0. The van der Waals surface area contributed by atoms with Crippen LogP contribution in [0.4, 0.5) is 8.78 Å². The fourth-order valence-electron chi connectivity index (χ4n) is 1.07. The van der Waals surface area contributed by atoms with Crippen LogP contribution in [-0.4, -0.2) is 10.4 Å². The van der Waals surface area contributed by atoms with E-state index in [4.69, 9.17) is 0 Å². The van der Waals surface area contributed by atoms with Crippen molar-refractivity contribution in [3.8, 4) is 0 Å². The molecule has 1 aromatic rings. The number of nitrogens with zero attached hydrogens (tertiary/aromatic N) is 1. The Morgan fingerprint density at radius 3 is 2.71 bits per heavy atom. The first-order valence-electron chi connectivity index (χ1n) is 4.10. The predicted molar refractivity (Wildman–Crippen MR) is 46.6 cm³/mol. The summed E-state index contributed by atoms with van der Waals surface area (Å²) in [5.41, 5.74) is -1.12. The van der Waals surface area contributed by atoms with Gasteiger partial charge in [0.2, 0.25) is 0 Å². The quantitative estimate of drug-likeness (QED) is 0.700. The van der Waals surface area contributed by atoms with Crippen LogP contribution in [0.2, 0.25) is 0 Å². The van der Waals surface area contributed by atoms with Gasteiger partial charge in [0.25, 0.3) is 5.56 Å². The van der Waals surface area contributed by atoms with Crippen LogP contribution in [0.15, 0.2) is 23.1 Å². The average Bonchev–Trinajstić information content (AvgIpc) is 2.16. The molecule has 0 bridgehead atoms. The van der Waals surface area contributed by atoms with Gasteiger partial charge in [-0.1, -0.05) is 6.92 Å². The van der Waals surface area contributed by atoms with E-state index in [9.17, 15) is 18.4 Å². The van der Waals surface area contributed by atoms with Crippen molar-refractivity contribution in [3.05, 3.63) is 34.2 Å². The second-order valence-corrected chi connectivity index (χ2v) is 2.69. The van der Waals surface area contributed by atoms with Crippen molar-refractivity contribution < 1.29 is 13.6 Å². The van der Waals surface area contributed by atoms with E-state index < -0.39 is 17.9 Å². The lowest BCUT2D eigenvalue weighted by molar-refractivity contribution is 0.0658. The van der Waals surface area contributed by atoms with Crippen LogP contribution < -0.4 is 5.56 Å². The minimum atomic E-state index is -2.91. The Labute approximate surface area is 79.0 Å². The van der Waals surface area contributed by atoms with Gasteiger partial charge in [-0.15, -0.1) is 0 Å². The summed E-state index contributed by atoms with van der Waals surface area (Å²) in [6.07, 6.45) is 1.09. The number of ketones is 1. The molecule has 0 fully saturated rings. The highest BCUT2D eigenvalue weighted by atomic mass is 19.3. The highest BCUT2D eigenvalue weighted by Gasteiger charge is 2.13. The van der Waals surface area contributed by atoms with Crippen LogP contribution in [0.5, 0.6) is 0 Å². The Kier molecular flexibility index (Phi) is 3.11. The summed E-state index contributed by atoms with van der Waals surface area (Å²) in [4.78, 5) is 22.4. The molecule has 0 N–H and O–H groups in total. The van der Waals surface area contributed by atoms with Crippen molar-refractivity contribution in [3.63, 3.8) is 0 Å². The van der Waals surface area contributed by atoms with Gasteiger partial charge >= 0.3 is 6.55 Å². The first-order chi connectivity index (χ1) is 6.57. The molecule has 0 unspecified atom stereocenters. The van der Waals surface area contributed by atoms with Crippen molar-refractivity contribution in [2.24, 2.45) is 0 Å². The third-order valence-corrected chi connectivity index (χ3v) is 1.81. The smallest absolute Gasteiger partial charge is 0.294 e. The van der Waals surface area contributed by atoms with Crippen molar-refractivity contribution in [2.45, 2.75) is 19.9 Å². The number of rotatable bonds is 3. The maximum absolute atomic E-state index is 12.2. The zero-order chi connectivity index (χ0) is 10.7. The van der Waals surface area contributed by atoms with Gasteiger partial charge in [0.05, 0.1) is 5.56 Å². The number of carbonyl (C=O) groups is 1. The van der Waals surface area contributed by atoms with Gasteiger partial charge in [0.15, 0.2) is 5.78 Å². The number of hydrogen-bond donors (Lipinski definition) is 0. The number of hydrogen-bond acceptors (Lipinski definition) is 2. The maximum atomic E-state index is 12.2. The third kappa shape index (κ3) is 1.86. The topological polar surface area (TPSA) is 39.1 Å². The summed E-state index contributed by atoms with van der Waals surface area (Å²) < 4.78 is 24.7. The number of pyridine rings is 1. The zero-order valence-electron chi connectivity index (χ0n) is 7.54. The molecule has 0 amide bonds. The second-order valence-electron chi connectivity index (χ2n) is 2.69. The summed E-state index contributed by atoms with van der Waals surface area (Å²) in [5.74, 6) is -0.426. The SMILES string of the molecule is CCC(=O)c1cccn(C(F)F)c1=O. The van der Waals surface area contributed by atoms with E-state index in [2.05, 4.69) is 0 Å². The Bertz CT molecular complexity index is 398. The molecule has 0 aromatic carbocycles. The third-order valence-electron chi connectivity index (χ3n) is 1.81. The van der Waals surface area contributed by atoms with Gasteiger partial charge in [-0.05, 0) is 12.1 Å². The Morgan fingerprint density at radius 2 is 2.21 bits per heavy atom. The maximum Gasteiger partial charge on any atom is 0.321 e. The fraction of sp³-hybridized carbons (Fsp3) is 0.333. The standard InChI is InChI=1S/C9H9F2NO2/c1-2-7(13)6-4-3-5-12(8(6)14)9(10)11/h3-5,9H,2H2,1H3. The molecule has 0 aliphatic carbocycles. The Balaban J connectivity index is 3.28. The van der Waals surface area contributed by atoms with Gasteiger partial charge < -0.3 is 0 Å². The second kappa shape index (κ2) is 4.13. The molecule has 0 atom stereocenters. The van der Waals surface area contributed by atoms with Crippen LogP contribution in [0.25, 0.3) is 0 Å². The highest BCUT2D eigenvalue weighted by molar-refractivity contribution is 5.95. The van der Waals surface area contributed by atoms with Gasteiger partial charge in [0, 0.05) is 12.6 Å². The molecule has 0 spiro atoms. The summed E-state index contributed by atoms with van der Waals surface area (Å²) in [7, 11) is 0. The molecular weight excluding hydrogens is 192 g/mol. The van der Waals surface area contributed by atoms with Crippen molar-refractivity contribution in [2.75, 3.05) is 0 Å². The molecule has 5 heteroatoms. The lowest BCUT2D eigenvalue weighted by atomic mass is 10.1. The van der Waals surface area contributed by atoms with Gasteiger partial charge in [-0.2, -0.15) is 8.78 Å². The van der Waals surface area contributed by atoms with E-state index >= 15 is 0 Å². The van der Waals surface area contributed by atoms with Crippen LogP contribution in [0.3, 0.4) is 0 Å². The minimum Gasteiger partial charge on any atom is -0.294 e. The molecule has 0 aliphatic rings. The molecule has 1 aromatic heterocycles. The Hall–Kier alpha value is -1.52. The Morgan fingerprint density at radius 1 is 1.57 bits per heavy atom. The molecule has 76 valence electrons. The van der Waals surface area contributed by atoms with Gasteiger partial charge in [-0.25, -0.2) is 0 Å². The highest BCUT2D eigenvalue weighted by Crippen LogP contribution is 2.06. The fourth-order valence-corrected chi connectivity index (χ4v) is 1.07. The molecule has 0 saturated heterocycles. The minimum absolute atomic E-state index is 0.127. The molecular formula is C9H9F2NO2. The number of Topliss-reactive ketones (excluding diaryl/α,β-unsaturated/α-hetero) is 1. The first kappa shape index (κ1) is 10.6. The zero-order valence-corrected chi connectivity index (χ0v) is 7.54. The molecule has 3 nitrogen and oxygen atoms in total. The van der Waals surface area contributed by atoms with E-state index in [-0.39, 0.29) is 16.6 Å². The average molecular weight is 201 g/mol. The van der Waals surface area contributed by atoms with E-state index in [0.29, 0.717) is 0 Å². The van der Waals surface area contributed by atoms with E-state index in [1.54, 1.807) is 6.92 Å². The number of aromatic nitrogens is 1. The van der Waals surface area contributed by atoms with E-state index in [1.807, 2.05) is 0 Å². The molecule has 0 aliphatic heterocycles. The summed E-state index contributed by atoms with van der Waals surface area (Å²) in [6, 6.07) is 2.52. The van der Waals surface area contributed by atoms with E-state index in [1.165, 1.54) is 12.1 Å². The van der Waals surface area contributed by atoms with Crippen molar-refractivity contribution in [1.29, 1.82) is 0 Å². The number of alkyl halides is 2.